The molecular formula is C8H5Br3O2. The molecule has 0 aliphatic rings. The van der Waals surface area contributed by atoms with Gasteiger partial charge in [0.2, 0.25) is 0 Å². The van der Waals surface area contributed by atoms with Crippen LogP contribution in [0.4, 0.5) is 0 Å². The number of benzene rings is 1. The van der Waals surface area contributed by atoms with Gasteiger partial charge < -0.3 is 4.74 Å². The van der Waals surface area contributed by atoms with Crippen LogP contribution >= 0.6 is 47.8 Å². The third-order valence-electron chi connectivity index (χ3n) is 1.40. The molecule has 1 aromatic rings. The van der Waals surface area contributed by atoms with Gasteiger partial charge >= 0.3 is 5.97 Å². The molecule has 0 unspecified atom stereocenters. The summed E-state index contributed by atoms with van der Waals surface area (Å²) in [5.74, 6) is -0.369. The van der Waals surface area contributed by atoms with Gasteiger partial charge in [-0.15, -0.1) is 0 Å². The maximum absolute atomic E-state index is 11.3. The lowest BCUT2D eigenvalue weighted by Crippen LogP contribution is -2.03. The molecule has 0 atom stereocenters. The average molecular weight is 373 g/mol. The summed E-state index contributed by atoms with van der Waals surface area (Å²) in [5.41, 5.74) is 0.491. The molecule has 0 saturated heterocycles. The van der Waals surface area contributed by atoms with E-state index in [0.717, 1.165) is 4.47 Å². The van der Waals surface area contributed by atoms with Crippen molar-refractivity contribution in [1.29, 1.82) is 0 Å². The molecule has 0 aromatic heterocycles. The van der Waals surface area contributed by atoms with Gasteiger partial charge in [-0.3, -0.25) is 0 Å². The highest BCUT2D eigenvalue weighted by Crippen LogP contribution is 2.30. The Morgan fingerprint density at radius 3 is 2.08 bits per heavy atom. The number of hydrogen-bond donors (Lipinski definition) is 0. The van der Waals surface area contributed by atoms with Crippen molar-refractivity contribution >= 4 is 53.8 Å². The van der Waals surface area contributed by atoms with Crippen LogP contribution in [0.2, 0.25) is 0 Å². The molecule has 0 radical (unpaired) electrons. The number of methoxy groups -OCH3 is 1. The summed E-state index contributed by atoms with van der Waals surface area (Å²) in [7, 11) is 1.35. The van der Waals surface area contributed by atoms with E-state index in [-0.39, 0.29) is 5.97 Å². The van der Waals surface area contributed by atoms with Crippen molar-refractivity contribution in [3.8, 4) is 0 Å². The fourth-order valence-corrected chi connectivity index (χ4v) is 3.42. The second-order valence-corrected chi connectivity index (χ2v) is 4.86. The summed E-state index contributed by atoms with van der Waals surface area (Å²) in [5, 5.41) is 0. The lowest BCUT2D eigenvalue weighted by Gasteiger charge is -2.05. The molecule has 0 bridgehead atoms. The summed E-state index contributed by atoms with van der Waals surface area (Å²) < 4.78 is 6.90. The molecule has 0 aliphatic carbocycles. The fourth-order valence-electron chi connectivity index (χ4n) is 0.839. The van der Waals surface area contributed by atoms with Crippen molar-refractivity contribution in [1.82, 2.24) is 0 Å². The number of carbonyl (C=O) groups is 1. The van der Waals surface area contributed by atoms with Crippen LogP contribution in [0, 0.1) is 0 Å². The molecule has 1 aromatic carbocycles. The lowest BCUT2D eigenvalue weighted by molar-refractivity contribution is 0.0598. The van der Waals surface area contributed by atoms with Gasteiger partial charge in [0.1, 0.15) is 0 Å². The van der Waals surface area contributed by atoms with E-state index in [1.54, 1.807) is 12.1 Å². The van der Waals surface area contributed by atoms with Gasteiger partial charge in [0.05, 0.1) is 12.7 Å². The smallest absolute Gasteiger partial charge is 0.340 e. The van der Waals surface area contributed by atoms with Crippen LogP contribution in [-0.4, -0.2) is 13.1 Å². The predicted molar refractivity (Wildman–Crippen MR) is 60.9 cm³/mol. The first-order chi connectivity index (χ1) is 6.06. The van der Waals surface area contributed by atoms with E-state index in [0.29, 0.717) is 14.5 Å². The van der Waals surface area contributed by atoms with Crippen LogP contribution in [0.15, 0.2) is 25.6 Å². The van der Waals surface area contributed by atoms with Crippen molar-refractivity contribution < 1.29 is 9.53 Å². The molecule has 0 amide bonds. The van der Waals surface area contributed by atoms with Crippen molar-refractivity contribution in [3.05, 3.63) is 31.1 Å². The highest BCUT2D eigenvalue weighted by Gasteiger charge is 2.14. The number of halogens is 3. The molecule has 70 valence electrons. The molecule has 13 heavy (non-hydrogen) atoms. The van der Waals surface area contributed by atoms with Crippen molar-refractivity contribution in [2.45, 2.75) is 0 Å². The van der Waals surface area contributed by atoms with Crippen LogP contribution in [0.25, 0.3) is 0 Å². The van der Waals surface area contributed by atoms with Gasteiger partial charge in [-0.2, -0.15) is 0 Å². The third kappa shape index (κ3) is 2.54. The Balaban J connectivity index is 3.28. The Hall–Kier alpha value is 0.130. The Bertz CT molecular complexity index is 326. The first-order valence-electron chi connectivity index (χ1n) is 3.29. The minimum absolute atomic E-state index is 0.369. The highest BCUT2D eigenvalue weighted by molar-refractivity contribution is 9.11. The lowest BCUT2D eigenvalue weighted by atomic mass is 10.2. The molecular weight excluding hydrogens is 368 g/mol. The van der Waals surface area contributed by atoms with Crippen LogP contribution in [0.3, 0.4) is 0 Å². The van der Waals surface area contributed by atoms with E-state index >= 15 is 0 Å². The molecule has 0 aliphatic heterocycles. The first kappa shape index (κ1) is 11.2. The van der Waals surface area contributed by atoms with E-state index in [4.69, 9.17) is 0 Å². The van der Waals surface area contributed by atoms with E-state index in [1.165, 1.54) is 7.11 Å². The quantitative estimate of drug-likeness (QED) is 0.702. The third-order valence-corrected chi connectivity index (χ3v) is 3.11. The zero-order valence-corrected chi connectivity index (χ0v) is 11.4. The first-order valence-corrected chi connectivity index (χ1v) is 5.67. The fraction of sp³-hybridized carbons (Fsp3) is 0.125. The van der Waals surface area contributed by atoms with Gasteiger partial charge in [0.15, 0.2) is 0 Å². The van der Waals surface area contributed by atoms with E-state index in [1.807, 2.05) is 0 Å². The van der Waals surface area contributed by atoms with E-state index in [9.17, 15) is 4.79 Å². The van der Waals surface area contributed by atoms with E-state index < -0.39 is 0 Å². The van der Waals surface area contributed by atoms with Crippen molar-refractivity contribution in [2.75, 3.05) is 7.11 Å². The molecule has 0 N–H and O–H groups in total. The van der Waals surface area contributed by atoms with E-state index in [2.05, 4.69) is 52.5 Å². The molecule has 5 heteroatoms. The number of rotatable bonds is 1. The number of esters is 1. The maximum Gasteiger partial charge on any atom is 0.340 e. The Morgan fingerprint density at radius 2 is 1.69 bits per heavy atom. The van der Waals surface area contributed by atoms with Crippen molar-refractivity contribution in [3.63, 3.8) is 0 Å². The standard InChI is InChI=1S/C8H5Br3O2/c1-13-8(12)7-5(10)2-4(9)3-6(7)11/h2-3H,1H3. The SMILES string of the molecule is COC(=O)c1c(Br)cc(Br)cc1Br. The minimum atomic E-state index is -0.369. The summed E-state index contributed by atoms with van der Waals surface area (Å²) in [6, 6.07) is 3.58. The molecule has 0 heterocycles. The Labute approximate surface area is 101 Å². The second-order valence-electron chi connectivity index (χ2n) is 2.24. The van der Waals surface area contributed by atoms with Gasteiger partial charge in [0.25, 0.3) is 0 Å². The normalized spacial score (nSPS) is 9.85. The number of hydrogen-bond acceptors (Lipinski definition) is 2. The highest BCUT2D eigenvalue weighted by atomic mass is 79.9. The number of carbonyl (C=O) groups excluding carboxylic acids is 1. The average Bonchev–Trinajstić information content (AvgIpc) is 2.02. The summed E-state index contributed by atoms with van der Waals surface area (Å²) in [6.07, 6.45) is 0. The number of ether oxygens (including phenoxy) is 1. The van der Waals surface area contributed by atoms with Crippen LogP contribution in [0.1, 0.15) is 10.4 Å². The van der Waals surface area contributed by atoms with Gasteiger partial charge in [-0.05, 0) is 44.0 Å². The van der Waals surface area contributed by atoms with Gasteiger partial charge in [0, 0.05) is 13.4 Å². The van der Waals surface area contributed by atoms with Crippen LogP contribution in [0.5, 0.6) is 0 Å². The van der Waals surface area contributed by atoms with Gasteiger partial charge in [-0.1, -0.05) is 15.9 Å². The Morgan fingerprint density at radius 1 is 1.23 bits per heavy atom. The predicted octanol–water partition coefficient (Wildman–Crippen LogP) is 3.76. The summed E-state index contributed by atoms with van der Waals surface area (Å²) >= 11 is 9.86. The Kier molecular flexibility index (Phi) is 3.94. The topological polar surface area (TPSA) is 26.3 Å². The maximum atomic E-state index is 11.3. The second kappa shape index (κ2) is 4.57. The minimum Gasteiger partial charge on any atom is -0.465 e. The summed E-state index contributed by atoms with van der Waals surface area (Å²) in [4.78, 5) is 11.3. The largest absolute Gasteiger partial charge is 0.465 e. The molecule has 0 fully saturated rings. The van der Waals surface area contributed by atoms with Crippen LogP contribution < -0.4 is 0 Å². The molecule has 1 rings (SSSR count). The van der Waals surface area contributed by atoms with Crippen LogP contribution in [-0.2, 0) is 4.74 Å². The molecule has 0 saturated carbocycles. The van der Waals surface area contributed by atoms with Gasteiger partial charge in [-0.25, -0.2) is 4.79 Å². The monoisotopic (exact) mass is 370 g/mol. The molecule has 2 nitrogen and oxygen atoms in total. The zero-order chi connectivity index (χ0) is 10.0. The zero-order valence-electron chi connectivity index (χ0n) is 6.61. The molecule has 0 spiro atoms. The summed E-state index contributed by atoms with van der Waals surface area (Å²) in [6.45, 7) is 0. The van der Waals surface area contributed by atoms with Crippen molar-refractivity contribution in [2.24, 2.45) is 0 Å².